The average Bonchev–Trinajstić information content (AvgIpc) is 2.48. The second-order valence-corrected chi connectivity index (χ2v) is 5.13. The quantitative estimate of drug-likeness (QED) is 0.839. The van der Waals surface area contributed by atoms with Gasteiger partial charge < -0.3 is 14.8 Å². The standard InChI is InChI=1S/C16H23NO3/c1-3-20-16(18)14-9-4-5-10-15(14)17-12-7-6-8-13(11-12)19-2/h4-5,9-10,12-13,17H,3,6-8,11H2,1-2H3. The number of ether oxygens (including phenoxy) is 2. The molecule has 0 amide bonds. The number of carbonyl (C=O) groups is 1. The highest BCUT2D eigenvalue weighted by atomic mass is 16.5. The van der Waals surface area contributed by atoms with Crippen LogP contribution in [0.2, 0.25) is 0 Å². The molecule has 0 radical (unpaired) electrons. The molecule has 0 bridgehead atoms. The Hall–Kier alpha value is -1.55. The number of nitrogens with one attached hydrogen (secondary N) is 1. The van der Waals surface area contributed by atoms with Gasteiger partial charge in [0.1, 0.15) is 0 Å². The largest absolute Gasteiger partial charge is 0.462 e. The van der Waals surface area contributed by atoms with Crippen LogP contribution in [0.5, 0.6) is 0 Å². The fraction of sp³-hybridized carbons (Fsp3) is 0.562. The topological polar surface area (TPSA) is 47.6 Å². The minimum atomic E-state index is -0.269. The van der Waals surface area contributed by atoms with Crippen LogP contribution in [-0.2, 0) is 9.47 Å². The lowest BCUT2D eigenvalue weighted by Crippen LogP contribution is -2.31. The monoisotopic (exact) mass is 277 g/mol. The highest BCUT2D eigenvalue weighted by Crippen LogP contribution is 2.25. The predicted octanol–water partition coefficient (Wildman–Crippen LogP) is 3.23. The van der Waals surface area contributed by atoms with Crippen LogP contribution in [0.3, 0.4) is 0 Å². The minimum Gasteiger partial charge on any atom is -0.462 e. The summed E-state index contributed by atoms with van der Waals surface area (Å²) in [6.45, 7) is 2.21. The molecule has 1 aromatic carbocycles. The van der Waals surface area contributed by atoms with E-state index in [4.69, 9.17) is 9.47 Å². The SMILES string of the molecule is CCOC(=O)c1ccccc1NC1CCCC(OC)C1. The fourth-order valence-corrected chi connectivity index (χ4v) is 2.71. The lowest BCUT2D eigenvalue weighted by molar-refractivity contribution is 0.0527. The van der Waals surface area contributed by atoms with Gasteiger partial charge in [0.25, 0.3) is 0 Å². The van der Waals surface area contributed by atoms with Crippen molar-refractivity contribution in [3.05, 3.63) is 29.8 Å². The Morgan fingerprint density at radius 1 is 1.35 bits per heavy atom. The first-order valence-corrected chi connectivity index (χ1v) is 7.30. The maximum atomic E-state index is 11.9. The van der Waals surface area contributed by atoms with E-state index in [1.165, 1.54) is 0 Å². The Morgan fingerprint density at radius 3 is 2.90 bits per heavy atom. The number of methoxy groups -OCH3 is 1. The summed E-state index contributed by atoms with van der Waals surface area (Å²) in [5.41, 5.74) is 1.46. The van der Waals surface area contributed by atoms with Gasteiger partial charge in [0.05, 0.1) is 18.3 Å². The van der Waals surface area contributed by atoms with Gasteiger partial charge in [-0.3, -0.25) is 0 Å². The number of rotatable bonds is 5. The van der Waals surface area contributed by atoms with Crippen LogP contribution in [-0.4, -0.2) is 31.8 Å². The Labute approximate surface area is 120 Å². The van der Waals surface area contributed by atoms with Crippen molar-refractivity contribution in [1.29, 1.82) is 0 Å². The van der Waals surface area contributed by atoms with Crippen molar-refractivity contribution in [3.8, 4) is 0 Å². The maximum absolute atomic E-state index is 11.9. The van der Waals surface area contributed by atoms with Gasteiger partial charge in [0, 0.05) is 18.8 Å². The Kier molecular flexibility index (Phi) is 5.41. The molecule has 0 spiro atoms. The molecule has 1 saturated carbocycles. The van der Waals surface area contributed by atoms with Crippen LogP contribution in [0.1, 0.15) is 43.0 Å². The van der Waals surface area contributed by atoms with Crippen molar-refractivity contribution in [2.24, 2.45) is 0 Å². The first kappa shape index (κ1) is 14.9. The normalized spacial score (nSPS) is 22.3. The molecule has 4 heteroatoms. The molecule has 2 unspecified atom stereocenters. The van der Waals surface area contributed by atoms with Gasteiger partial charge in [0.2, 0.25) is 0 Å². The van der Waals surface area contributed by atoms with Crippen molar-refractivity contribution >= 4 is 11.7 Å². The van der Waals surface area contributed by atoms with Crippen LogP contribution in [0.15, 0.2) is 24.3 Å². The molecule has 1 aliphatic carbocycles. The van der Waals surface area contributed by atoms with Gasteiger partial charge in [-0.25, -0.2) is 4.79 Å². The van der Waals surface area contributed by atoms with Crippen LogP contribution < -0.4 is 5.32 Å². The van der Waals surface area contributed by atoms with Crippen LogP contribution in [0.25, 0.3) is 0 Å². The zero-order valence-corrected chi connectivity index (χ0v) is 12.2. The van der Waals surface area contributed by atoms with Crippen molar-refractivity contribution in [2.75, 3.05) is 19.0 Å². The highest BCUT2D eigenvalue weighted by molar-refractivity contribution is 5.95. The van der Waals surface area contributed by atoms with Crippen molar-refractivity contribution in [1.82, 2.24) is 0 Å². The molecule has 0 saturated heterocycles. The number of hydrogen-bond donors (Lipinski definition) is 1. The van der Waals surface area contributed by atoms with Gasteiger partial charge in [-0.2, -0.15) is 0 Å². The van der Waals surface area contributed by atoms with Crippen molar-refractivity contribution < 1.29 is 14.3 Å². The molecule has 20 heavy (non-hydrogen) atoms. The van der Waals surface area contributed by atoms with E-state index >= 15 is 0 Å². The van der Waals surface area contributed by atoms with Gasteiger partial charge in [-0.15, -0.1) is 0 Å². The molecule has 110 valence electrons. The third kappa shape index (κ3) is 3.73. The lowest BCUT2D eigenvalue weighted by Gasteiger charge is -2.30. The Balaban J connectivity index is 2.07. The molecule has 1 aromatic rings. The number of benzene rings is 1. The molecule has 0 aliphatic heterocycles. The first-order chi connectivity index (χ1) is 9.74. The van der Waals surface area contributed by atoms with E-state index < -0.39 is 0 Å². The summed E-state index contributed by atoms with van der Waals surface area (Å²) in [4.78, 5) is 11.9. The van der Waals surface area contributed by atoms with Gasteiger partial charge >= 0.3 is 5.97 Å². The van der Waals surface area contributed by atoms with Gasteiger partial charge in [-0.1, -0.05) is 12.1 Å². The van der Waals surface area contributed by atoms with E-state index in [0.29, 0.717) is 24.3 Å². The summed E-state index contributed by atoms with van der Waals surface area (Å²) in [7, 11) is 1.76. The predicted molar refractivity (Wildman–Crippen MR) is 79.1 cm³/mol. The highest BCUT2D eigenvalue weighted by Gasteiger charge is 2.23. The number of anilines is 1. The van der Waals surface area contributed by atoms with E-state index in [1.807, 2.05) is 25.1 Å². The van der Waals surface area contributed by atoms with Crippen LogP contribution in [0, 0.1) is 0 Å². The van der Waals surface area contributed by atoms with Crippen molar-refractivity contribution in [3.63, 3.8) is 0 Å². The van der Waals surface area contributed by atoms with Crippen LogP contribution in [0.4, 0.5) is 5.69 Å². The molecule has 4 nitrogen and oxygen atoms in total. The molecule has 2 atom stereocenters. The van der Waals surface area contributed by atoms with E-state index in [-0.39, 0.29) is 5.97 Å². The van der Waals surface area contributed by atoms with E-state index in [0.717, 1.165) is 31.4 Å². The first-order valence-electron chi connectivity index (χ1n) is 7.30. The van der Waals surface area contributed by atoms with E-state index in [2.05, 4.69) is 5.32 Å². The van der Waals surface area contributed by atoms with Gasteiger partial charge in [0.15, 0.2) is 0 Å². The molecular weight excluding hydrogens is 254 g/mol. The summed E-state index contributed by atoms with van der Waals surface area (Å²) < 4.78 is 10.5. The minimum absolute atomic E-state index is 0.269. The Bertz CT molecular complexity index is 447. The summed E-state index contributed by atoms with van der Waals surface area (Å²) in [6.07, 6.45) is 4.67. The van der Waals surface area contributed by atoms with E-state index in [9.17, 15) is 4.79 Å². The van der Waals surface area contributed by atoms with Gasteiger partial charge in [-0.05, 0) is 44.7 Å². The molecule has 1 N–H and O–H groups in total. The molecule has 2 rings (SSSR count). The maximum Gasteiger partial charge on any atom is 0.340 e. The van der Waals surface area contributed by atoms with Crippen LogP contribution >= 0.6 is 0 Å². The van der Waals surface area contributed by atoms with Crippen molar-refractivity contribution in [2.45, 2.75) is 44.8 Å². The molecule has 1 fully saturated rings. The second kappa shape index (κ2) is 7.29. The average molecular weight is 277 g/mol. The third-order valence-electron chi connectivity index (χ3n) is 3.74. The number of para-hydroxylation sites is 1. The zero-order valence-electron chi connectivity index (χ0n) is 12.2. The molecule has 1 aliphatic rings. The molecule has 0 aromatic heterocycles. The lowest BCUT2D eigenvalue weighted by atomic mass is 9.92. The number of esters is 1. The number of carbonyl (C=O) groups excluding carboxylic acids is 1. The fourth-order valence-electron chi connectivity index (χ4n) is 2.71. The second-order valence-electron chi connectivity index (χ2n) is 5.13. The summed E-state index contributed by atoms with van der Waals surface area (Å²) >= 11 is 0. The smallest absolute Gasteiger partial charge is 0.340 e. The molecule has 0 heterocycles. The third-order valence-corrected chi connectivity index (χ3v) is 3.74. The number of hydrogen-bond acceptors (Lipinski definition) is 4. The molecular formula is C16H23NO3. The summed E-state index contributed by atoms with van der Waals surface area (Å²) in [5, 5.41) is 3.47. The van der Waals surface area contributed by atoms with E-state index in [1.54, 1.807) is 13.2 Å². The zero-order chi connectivity index (χ0) is 14.4. The Morgan fingerprint density at radius 2 is 2.15 bits per heavy atom. The summed E-state index contributed by atoms with van der Waals surface area (Å²) in [6, 6.07) is 7.88. The summed E-state index contributed by atoms with van der Waals surface area (Å²) in [5.74, 6) is -0.269.